The number of sulfonamides is 1. The number of hydrogen-bond acceptors (Lipinski definition) is 4. The second kappa shape index (κ2) is 7.12. The summed E-state index contributed by atoms with van der Waals surface area (Å²) in [7, 11) is -2.41. The Morgan fingerprint density at radius 3 is 2.21 bits per heavy atom. The van der Waals surface area contributed by atoms with Crippen LogP contribution in [0.5, 0.6) is 0 Å². The fraction of sp³-hybridized carbons (Fsp3) is 0.125. The first-order chi connectivity index (χ1) is 11.2. The molecule has 0 bridgehead atoms. The SMILES string of the molecule is CNS(=O)(=O)c1ccc(Cl)c(C(=O)Nc2ccc(C(C)=O)cc2)c1. The lowest BCUT2D eigenvalue weighted by Gasteiger charge is -2.09. The average Bonchev–Trinajstić information content (AvgIpc) is 2.55. The molecule has 0 fully saturated rings. The van der Waals surface area contributed by atoms with E-state index >= 15 is 0 Å². The molecule has 2 rings (SSSR count). The summed E-state index contributed by atoms with van der Waals surface area (Å²) >= 11 is 6.00. The van der Waals surface area contributed by atoms with Gasteiger partial charge in [-0.25, -0.2) is 13.1 Å². The van der Waals surface area contributed by atoms with Crippen LogP contribution in [0.1, 0.15) is 27.6 Å². The standard InChI is InChI=1S/C16H15ClN2O4S/c1-10(20)11-3-5-12(6-4-11)19-16(21)14-9-13(7-8-15(14)17)24(22,23)18-2/h3-9,18H,1-2H3,(H,19,21). The fourth-order valence-electron chi connectivity index (χ4n) is 1.95. The molecule has 0 saturated carbocycles. The third-order valence-electron chi connectivity index (χ3n) is 3.31. The summed E-state index contributed by atoms with van der Waals surface area (Å²) in [6, 6.07) is 10.2. The average molecular weight is 367 g/mol. The normalized spacial score (nSPS) is 11.1. The Balaban J connectivity index is 2.29. The van der Waals surface area contributed by atoms with Crippen LogP contribution in [0.25, 0.3) is 0 Å². The molecular formula is C16H15ClN2O4S. The molecule has 0 atom stereocenters. The molecule has 0 aliphatic rings. The van der Waals surface area contributed by atoms with Gasteiger partial charge < -0.3 is 5.32 Å². The van der Waals surface area contributed by atoms with Crippen molar-refractivity contribution in [2.24, 2.45) is 0 Å². The summed E-state index contributed by atoms with van der Waals surface area (Å²) in [4.78, 5) is 23.5. The molecule has 0 aliphatic carbocycles. The first-order valence-corrected chi connectivity index (χ1v) is 8.76. The molecule has 24 heavy (non-hydrogen) atoms. The van der Waals surface area contributed by atoms with Gasteiger partial charge in [0, 0.05) is 11.3 Å². The van der Waals surface area contributed by atoms with Gasteiger partial charge >= 0.3 is 0 Å². The number of Topliss-reactive ketones (excluding diaryl/α,β-unsaturated/α-hetero) is 1. The summed E-state index contributed by atoms with van der Waals surface area (Å²) in [5, 5.41) is 2.74. The summed E-state index contributed by atoms with van der Waals surface area (Å²) in [5.74, 6) is -0.635. The van der Waals surface area contributed by atoms with Gasteiger partial charge in [0.15, 0.2) is 5.78 Å². The zero-order valence-corrected chi connectivity index (χ0v) is 14.5. The lowest BCUT2D eigenvalue weighted by molar-refractivity contribution is 0.101. The molecule has 126 valence electrons. The van der Waals surface area contributed by atoms with Crippen molar-refractivity contribution in [2.45, 2.75) is 11.8 Å². The van der Waals surface area contributed by atoms with Crippen LogP contribution in [0.15, 0.2) is 47.4 Å². The predicted octanol–water partition coefficient (Wildman–Crippen LogP) is 2.70. The van der Waals surface area contributed by atoms with Crippen LogP contribution < -0.4 is 10.0 Å². The summed E-state index contributed by atoms with van der Waals surface area (Å²) in [6.07, 6.45) is 0. The number of amides is 1. The van der Waals surface area contributed by atoms with Crippen LogP contribution in [0, 0.1) is 0 Å². The van der Waals surface area contributed by atoms with E-state index in [0.717, 1.165) is 0 Å². The Labute approximate surface area is 144 Å². The minimum absolute atomic E-state index is 0.0311. The third kappa shape index (κ3) is 4.00. The van der Waals surface area contributed by atoms with E-state index in [-0.39, 0.29) is 21.3 Å². The molecule has 0 radical (unpaired) electrons. The zero-order chi connectivity index (χ0) is 17.9. The number of carbonyl (C=O) groups excluding carboxylic acids is 2. The topological polar surface area (TPSA) is 92.3 Å². The van der Waals surface area contributed by atoms with E-state index in [1.165, 1.54) is 32.2 Å². The number of halogens is 1. The first-order valence-electron chi connectivity index (χ1n) is 6.90. The highest BCUT2D eigenvalue weighted by Crippen LogP contribution is 2.22. The maximum Gasteiger partial charge on any atom is 0.257 e. The fourth-order valence-corrected chi connectivity index (χ4v) is 2.91. The van der Waals surface area contributed by atoms with Crippen molar-refractivity contribution >= 4 is 39.0 Å². The van der Waals surface area contributed by atoms with Crippen LogP contribution >= 0.6 is 11.6 Å². The maximum atomic E-state index is 12.3. The smallest absolute Gasteiger partial charge is 0.257 e. The lowest BCUT2D eigenvalue weighted by atomic mass is 10.1. The van der Waals surface area contributed by atoms with E-state index in [2.05, 4.69) is 10.0 Å². The van der Waals surface area contributed by atoms with E-state index in [4.69, 9.17) is 11.6 Å². The van der Waals surface area contributed by atoms with E-state index in [9.17, 15) is 18.0 Å². The number of hydrogen-bond donors (Lipinski definition) is 2. The molecule has 6 nitrogen and oxygen atoms in total. The minimum atomic E-state index is -3.69. The van der Waals surface area contributed by atoms with Gasteiger partial charge in [0.25, 0.3) is 5.91 Å². The van der Waals surface area contributed by atoms with E-state index in [1.54, 1.807) is 24.3 Å². The molecule has 0 heterocycles. The second-order valence-corrected chi connectivity index (χ2v) is 7.23. The number of rotatable bonds is 5. The van der Waals surface area contributed by atoms with E-state index in [1.807, 2.05) is 0 Å². The van der Waals surface area contributed by atoms with Gasteiger partial charge in [0.2, 0.25) is 10.0 Å². The van der Waals surface area contributed by atoms with Gasteiger partial charge in [-0.1, -0.05) is 11.6 Å². The van der Waals surface area contributed by atoms with Crippen LogP contribution in [-0.2, 0) is 10.0 Å². The number of anilines is 1. The van der Waals surface area contributed by atoms with Gasteiger partial charge in [-0.2, -0.15) is 0 Å². The van der Waals surface area contributed by atoms with Crippen molar-refractivity contribution in [3.8, 4) is 0 Å². The summed E-state index contributed by atoms with van der Waals surface area (Å²) < 4.78 is 25.8. The van der Waals surface area contributed by atoms with Crippen LogP contribution in [0.4, 0.5) is 5.69 Å². The number of nitrogens with one attached hydrogen (secondary N) is 2. The van der Waals surface area contributed by atoms with Crippen molar-refractivity contribution in [3.05, 3.63) is 58.6 Å². The highest BCUT2D eigenvalue weighted by atomic mass is 35.5. The second-order valence-electron chi connectivity index (χ2n) is 4.94. The zero-order valence-electron chi connectivity index (χ0n) is 13.0. The molecule has 8 heteroatoms. The Hall–Kier alpha value is -2.22. The molecular weight excluding hydrogens is 352 g/mol. The lowest BCUT2D eigenvalue weighted by Crippen LogP contribution is -2.20. The van der Waals surface area contributed by atoms with Crippen LogP contribution in [0.3, 0.4) is 0 Å². The molecule has 0 spiro atoms. The van der Waals surface area contributed by atoms with Gasteiger partial charge in [-0.05, 0) is 56.4 Å². The van der Waals surface area contributed by atoms with Gasteiger partial charge in [-0.15, -0.1) is 0 Å². The van der Waals surface area contributed by atoms with Crippen molar-refractivity contribution in [1.29, 1.82) is 0 Å². The third-order valence-corrected chi connectivity index (χ3v) is 5.05. The highest BCUT2D eigenvalue weighted by Gasteiger charge is 2.17. The Morgan fingerprint density at radius 2 is 1.67 bits per heavy atom. The van der Waals surface area contributed by atoms with Crippen LogP contribution in [-0.4, -0.2) is 27.2 Å². The van der Waals surface area contributed by atoms with Gasteiger partial charge in [0.05, 0.1) is 15.5 Å². The largest absolute Gasteiger partial charge is 0.322 e. The molecule has 0 saturated heterocycles. The molecule has 2 aromatic carbocycles. The molecule has 0 aromatic heterocycles. The van der Waals surface area contributed by atoms with Crippen molar-refractivity contribution in [3.63, 3.8) is 0 Å². The van der Waals surface area contributed by atoms with Crippen LogP contribution in [0.2, 0.25) is 5.02 Å². The van der Waals surface area contributed by atoms with Gasteiger partial charge in [-0.3, -0.25) is 9.59 Å². The molecule has 0 aliphatic heterocycles. The summed E-state index contributed by atoms with van der Waals surface area (Å²) in [5.41, 5.74) is 1.01. The monoisotopic (exact) mass is 366 g/mol. The number of carbonyl (C=O) groups is 2. The van der Waals surface area contributed by atoms with Crippen molar-refractivity contribution in [1.82, 2.24) is 4.72 Å². The number of ketones is 1. The quantitative estimate of drug-likeness (QED) is 0.796. The van der Waals surface area contributed by atoms with Crippen molar-refractivity contribution in [2.75, 3.05) is 12.4 Å². The van der Waals surface area contributed by atoms with E-state index < -0.39 is 15.9 Å². The molecule has 0 unspecified atom stereocenters. The van der Waals surface area contributed by atoms with Gasteiger partial charge in [0.1, 0.15) is 0 Å². The highest BCUT2D eigenvalue weighted by molar-refractivity contribution is 7.89. The van der Waals surface area contributed by atoms with E-state index in [0.29, 0.717) is 11.3 Å². The summed E-state index contributed by atoms with van der Waals surface area (Å²) in [6.45, 7) is 1.45. The maximum absolute atomic E-state index is 12.3. The molecule has 2 aromatic rings. The Kier molecular flexibility index (Phi) is 5.38. The first kappa shape index (κ1) is 18.1. The molecule has 1 amide bonds. The number of benzene rings is 2. The van der Waals surface area contributed by atoms with Crippen molar-refractivity contribution < 1.29 is 18.0 Å². The Bertz CT molecular complexity index is 893. The Morgan fingerprint density at radius 1 is 1.04 bits per heavy atom. The molecule has 2 N–H and O–H groups in total. The minimum Gasteiger partial charge on any atom is -0.322 e. The predicted molar refractivity (Wildman–Crippen MR) is 92.1 cm³/mol.